The summed E-state index contributed by atoms with van der Waals surface area (Å²) in [4.78, 5) is 12.3. The number of esters is 1. The van der Waals surface area contributed by atoms with Gasteiger partial charge in [-0.25, -0.2) is 4.79 Å². The molecule has 3 atom stereocenters. The Labute approximate surface area is 124 Å². The number of methoxy groups -OCH3 is 2. The number of fused-ring (bicyclic) bond motifs is 2. The first kappa shape index (κ1) is 14.2. The topological polar surface area (TPSA) is 56.8 Å². The second-order valence-electron chi connectivity index (χ2n) is 5.71. The molecular weight excluding hydrogens is 270 g/mol. The lowest BCUT2D eigenvalue weighted by molar-refractivity contribution is 0.0177. The van der Waals surface area contributed by atoms with Crippen molar-refractivity contribution < 1.29 is 19.0 Å². The predicted octanol–water partition coefficient (Wildman–Crippen LogP) is 2.14. The molecule has 0 spiro atoms. The number of carbonyl (C=O) groups excluding carboxylic acids is 1. The minimum absolute atomic E-state index is 0.0179. The van der Waals surface area contributed by atoms with E-state index >= 15 is 0 Å². The highest BCUT2D eigenvalue weighted by Crippen LogP contribution is 2.31. The van der Waals surface area contributed by atoms with Crippen LogP contribution in [0.2, 0.25) is 0 Å². The standard InChI is InChI=1S/C16H21NO4/c1-19-14-6-3-10(7-15(14)20-2)16(18)21-13-8-11-4-5-12(9-13)17-11/h3,6-7,11-13,17H,4-5,8-9H2,1-2H3/t11-,12+,13?. The van der Waals surface area contributed by atoms with Crippen LogP contribution in [0.15, 0.2) is 18.2 Å². The van der Waals surface area contributed by atoms with Crippen LogP contribution in [0.4, 0.5) is 0 Å². The summed E-state index contributed by atoms with van der Waals surface area (Å²) in [5, 5.41) is 3.54. The van der Waals surface area contributed by atoms with Gasteiger partial charge >= 0.3 is 5.97 Å². The Kier molecular flexibility index (Phi) is 4.01. The van der Waals surface area contributed by atoms with E-state index in [0.717, 1.165) is 12.8 Å². The first-order valence-corrected chi connectivity index (χ1v) is 7.38. The van der Waals surface area contributed by atoms with E-state index in [2.05, 4.69) is 5.32 Å². The molecule has 5 nitrogen and oxygen atoms in total. The molecule has 1 unspecified atom stereocenters. The Morgan fingerprint density at radius 1 is 1.10 bits per heavy atom. The Bertz CT molecular complexity index is 519. The molecular formula is C16H21NO4. The first-order chi connectivity index (χ1) is 10.2. The second kappa shape index (κ2) is 5.93. The van der Waals surface area contributed by atoms with Crippen LogP contribution in [-0.2, 0) is 4.74 Å². The quantitative estimate of drug-likeness (QED) is 0.861. The fourth-order valence-corrected chi connectivity index (χ4v) is 3.28. The second-order valence-corrected chi connectivity index (χ2v) is 5.71. The smallest absolute Gasteiger partial charge is 0.338 e. The maximum atomic E-state index is 12.3. The number of piperidine rings is 1. The lowest BCUT2D eigenvalue weighted by atomic mass is 10.0. The summed E-state index contributed by atoms with van der Waals surface area (Å²) in [7, 11) is 3.12. The van der Waals surface area contributed by atoms with E-state index < -0.39 is 0 Å². The molecule has 0 radical (unpaired) electrons. The molecule has 2 fully saturated rings. The Balaban J connectivity index is 1.67. The highest BCUT2D eigenvalue weighted by atomic mass is 16.5. The molecule has 5 heteroatoms. The van der Waals surface area contributed by atoms with E-state index in [1.165, 1.54) is 12.8 Å². The van der Waals surface area contributed by atoms with Crippen molar-refractivity contribution in [2.24, 2.45) is 0 Å². The molecule has 1 aromatic rings. The van der Waals surface area contributed by atoms with Gasteiger partial charge in [0.15, 0.2) is 11.5 Å². The molecule has 0 saturated carbocycles. The van der Waals surface area contributed by atoms with Gasteiger partial charge in [-0.05, 0) is 43.9 Å². The molecule has 0 aromatic heterocycles. The van der Waals surface area contributed by atoms with E-state index in [4.69, 9.17) is 14.2 Å². The molecule has 2 heterocycles. The summed E-state index contributed by atoms with van der Waals surface area (Å²) in [6, 6.07) is 6.11. The molecule has 0 aliphatic carbocycles. The average molecular weight is 291 g/mol. The van der Waals surface area contributed by atoms with Crippen LogP contribution < -0.4 is 14.8 Å². The molecule has 3 rings (SSSR count). The lowest BCUT2D eigenvalue weighted by Crippen LogP contribution is -2.42. The van der Waals surface area contributed by atoms with Crippen LogP contribution in [0.1, 0.15) is 36.0 Å². The lowest BCUT2D eigenvalue weighted by Gasteiger charge is -2.28. The van der Waals surface area contributed by atoms with Gasteiger partial charge in [-0.1, -0.05) is 0 Å². The summed E-state index contributed by atoms with van der Waals surface area (Å²) in [5.74, 6) is 0.855. The molecule has 2 saturated heterocycles. The normalized spacial score (nSPS) is 27.2. The number of benzene rings is 1. The molecule has 21 heavy (non-hydrogen) atoms. The fourth-order valence-electron chi connectivity index (χ4n) is 3.28. The summed E-state index contributed by atoms with van der Waals surface area (Å²) in [6.07, 6.45) is 4.22. The molecule has 2 aliphatic rings. The van der Waals surface area contributed by atoms with E-state index in [0.29, 0.717) is 29.1 Å². The van der Waals surface area contributed by atoms with E-state index in [9.17, 15) is 4.79 Å². The largest absolute Gasteiger partial charge is 0.493 e. The molecule has 2 aliphatic heterocycles. The molecule has 1 N–H and O–H groups in total. The van der Waals surface area contributed by atoms with Crippen LogP contribution in [0, 0.1) is 0 Å². The highest BCUT2D eigenvalue weighted by molar-refractivity contribution is 5.90. The zero-order chi connectivity index (χ0) is 14.8. The van der Waals surface area contributed by atoms with E-state index in [1.807, 2.05) is 0 Å². The molecule has 1 aromatic carbocycles. The summed E-state index contributed by atoms with van der Waals surface area (Å²) < 4.78 is 16.0. The zero-order valence-corrected chi connectivity index (χ0v) is 12.4. The SMILES string of the molecule is COc1ccc(C(=O)OC2C[C@H]3CC[C@@H](C2)N3)cc1OC. The van der Waals surface area contributed by atoms with Crippen LogP contribution in [0.3, 0.4) is 0 Å². The van der Waals surface area contributed by atoms with Gasteiger partial charge in [-0.3, -0.25) is 0 Å². The van der Waals surface area contributed by atoms with Crippen LogP contribution in [0.25, 0.3) is 0 Å². The van der Waals surface area contributed by atoms with Crippen molar-refractivity contribution in [1.29, 1.82) is 0 Å². The summed E-state index contributed by atoms with van der Waals surface area (Å²) >= 11 is 0. The highest BCUT2D eigenvalue weighted by Gasteiger charge is 2.35. The van der Waals surface area contributed by atoms with Gasteiger partial charge in [-0.15, -0.1) is 0 Å². The number of nitrogens with one attached hydrogen (secondary N) is 1. The number of ether oxygens (including phenoxy) is 3. The van der Waals surface area contributed by atoms with Gasteiger partial charge in [0.25, 0.3) is 0 Å². The van der Waals surface area contributed by atoms with Gasteiger partial charge in [0.1, 0.15) is 6.10 Å². The monoisotopic (exact) mass is 291 g/mol. The minimum Gasteiger partial charge on any atom is -0.493 e. The summed E-state index contributed by atoms with van der Waals surface area (Å²) in [5.41, 5.74) is 0.499. The number of hydrogen-bond acceptors (Lipinski definition) is 5. The first-order valence-electron chi connectivity index (χ1n) is 7.38. The average Bonchev–Trinajstić information content (AvgIpc) is 2.85. The van der Waals surface area contributed by atoms with Crippen molar-refractivity contribution in [2.75, 3.05) is 14.2 Å². The predicted molar refractivity (Wildman–Crippen MR) is 77.9 cm³/mol. The summed E-state index contributed by atoms with van der Waals surface area (Å²) in [6.45, 7) is 0. The van der Waals surface area contributed by atoms with Crippen molar-refractivity contribution in [2.45, 2.75) is 43.9 Å². The Hall–Kier alpha value is -1.75. The van der Waals surface area contributed by atoms with Crippen LogP contribution in [0.5, 0.6) is 11.5 Å². The Morgan fingerprint density at radius 2 is 1.76 bits per heavy atom. The van der Waals surface area contributed by atoms with E-state index in [-0.39, 0.29) is 12.1 Å². The van der Waals surface area contributed by atoms with E-state index in [1.54, 1.807) is 32.4 Å². The van der Waals surface area contributed by atoms with Gasteiger partial charge in [0, 0.05) is 12.1 Å². The van der Waals surface area contributed by atoms with Gasteiger partial charge in [0.2, 0.25) is 0 Å². The van der Waals surface area contributed by atoms with Gasteiger partial charge in [0.05, 0.1) is 19.8 Å². The Morgan fingerprint density at radius 3 is 2.38 bits per heavy atom. The molecule has 114 valence electrons. The van der Waals surface area contributed by atoms with Crippen molar-refractivity contribution in [3.05, 3.63) is 23.8 Å². The van der Waals surface area contributed by atoms with Crippen molar-refractivity contribution in [3.8, 4) is 11.5 Å². The number of hydrogen-bond donors (Lipinski definition) is 1. The van der Waals surface area contributed by atoms with Crippen molar-refractivity contribution >= 4 is 5.97 Å². The number of rotatable bonds is 4. The van der Waals surface area contributed by atoms with Gasteiger partial charge in [-0.2, -0.15) is 0 Å². The third-order valence-electron chi connectivity index (χ3n) is 4.32. The van der Waals surface area contributed by atoms with Crippen molar-refractivity contribution in [1.82, 2.24) is 5.32 Å². The molecule has 0 amide bonds. The minimum atomic E-state index is -0.290. The zero-order valence-electron chi connectivity index (χ0n) is 12.4. The van der Waals surface area contributed by atoms with Gasteiger partial charge < -0.3 is 19.5 Å². The maximum Gasteiger partial charge on any atom is 0.338 e. The third-order valence-corrected chi connectivity index (χ3v) is 4.32. The van der Waals surface area contributed by atoms with Crippen molar-refractivity contribution in [3.63, 3.8) is 0 Å². The number of carbonyl (C=O) groups is 1. The molecule has 2 bridgehead atoms. The van der Waals surface area contributed by atoms with Crippen LogP contribution in [-0.4, -0.2) is 38.4 Å². The van der Waals surface area contributed by atoms with Crippen LogP contribution >= 0.6 is 0 Å². The third kappa shape index (κ3) is 2.97. The fraction of sp³-hybridized carbons (Fsp3) is 0.562. The maximum absolute atomic E-state index is 12.3.